The van der Waals surface area contributed by atoms with E-state index in [2.05, 4.69) is 15.9 Å². The standard InChI is InChI=1S/C13H10BrClN2O3/c14-8-4-5-13(11(6-8)17(18)19)20-12-3-1-2-10(15)9(12)7-16/h1-6H,7,16H2. The van der Waals surface area contributed by atoms with Crippen LogP contribution in [0.15, 0.2) is 40.9 Å². The lowest BCUT2D eigenvalue weighted by Gasteiger charge is -2.11. The van der Waals surface area contributed by atoms with E-state index in [1.807, 2.05) is 0 Å². The van der Waals surface area contributed by atoms with Gasteiger partial charge in [-0.25, -0.2) is 0 Å². The second-order valence-corrected chi connectivity index (χ2v) is 5.21. The molecule has 0 aromatic heterocycles. The highest BCUT2D eigenvalue weighted by Crippen LogP contribution is 2.36. The lowest BCUT2D eigenvalue weighted by Crippen LogP contribution is -2.01. The summed E-state index contributed by atoms with van der Waals surface area (Å²) in [6.07, 6.45) is 0. The largest absolute Gasteiger partial charge is 0.450 e. The lowest BCUT2D eigenvalue weighted by molar-refractivity contribution is -0.385. The molecule has 0 saturated heterocycles. The average molecular weight is 358 g/mol. The second-order valence-electron chi connectivity index (χ2n) is 3.89. The quantitative estimate of drug-likeness (QED) is 0.655. The third-order valence-corrected chi connectivity index (χ3v) is 3.46. The fourth-order valence-corrected chi connectivity index (χ4v) is 2.26. The number of nitro groups is 1. The molecular weight excluding hydrogens is 348 g/mol. The molecule has 0 heterocycles. The fourth-order valence-electron chi connectivity index (χ4n) is 1.67. The Morgan fingerprint density at radius 2 is 2.05 bits per heavy atom. The van der Waals surface area contributed by atoms with Gasteiger partial charge in [0.25, 0.3) is 0 Å². The summed E-state index contributed by atoms with van der Waals surface area (Å²) < 4.78 is 6.20. The normalized spacial score (nSPS) is 10.3. The van der Waals surface area contributed by atoms with Crippen LogP contribution in [0.3, 0.4) is 0 Å². The van der Waals surface area contributed by atoms with Crippen molar-refractivity contribution in [3.8, 4) is 11.5 Å². The molecule has 0 amide bonds. The Balaban J connectivity index is 2.45. The molecule has 2 aromatic carbocycles. The van der Waals surface area contributed by atoms with E-state index >= 15 is 0 Å². The number of nitrogens with two attached hydrogens (primary N) is 1. The fraction of sp³-hybridized carbons (Fsp3) is 0.0769. The number of hydrogen-bond acceptors (Lipinski definition) is 4. The van der Waals surface area contributed by atoms with E-state index in [0.717, 1.165) is 0 Å². The minimum Gasteiger partial charge on any atom is -0.450 e. The highest BCUT2D eigenvalue weighted by atomic mass is 79.9. The van der Waals surface area contributed by atoms with E-state index in [0.29, 0.717) is 20.8 Å². The summed E-state index contributed by atoms with van der Waals surface area (Å²) in [4.78, 5) is 10.5. The maximum absolute atomic E-state index is 11.0. The monoisotopic (exact) mass is 356 g/mol. The van der Waals surface area contributed by atoms with Crippen molar-refractivity contribution in [2.45, 2.75) is 6.54 Å². The Bertz CT molecular complexity index is 664. The molecule has 0 fully saturated rings. The van der Waals surface area contributed by atoms with Crippen molar-refractivity contribution in [2.24, 2.45) is 5.73 Å². The molecular formula is C13H10BrClN2O3. The summed E-state index contributed by atoms with van der Waals surface area (Å²) in [5.74, 6) is 0.542. The molecule has 0 atom stereocenters. The number of rotatable bonds is 4. The smallest absolute Gasteiger partial charge is 0.312 e. The van der Waals surface area contributed by atoms with Crippen LogP contribution in [0.5, 0.6) is 11.5 Å². The van der Waals surface area contributed by atoms with Crippen molar-refractivity contribution in [2.75, 3.05) is 0 Å². The van der Waals surface area contributed by atoms with Gasteiger partial charge in [0.1, 0.15) is 5.75 Å². The molecule has 0 saturated carbocycles. The van der Waals surface area contributed by atoms with Crippen LogP contribution in [0.25, 0.3) is 0 Å². The van der Waals surface area contributed by atoms with Gasteiger partial charge >= 0.3 is 5.69 Å². The van der Waals surface area contributed by atoms with Crippen molar-refractivity contribution in [3.05, 3.63) is 61.6 Å². The Kier molecular flexibility index (Phi) is 4.59. The van der Waals surface area contributed by atoms with Gasteiger partial charge in [-0.3, -0.25) is 10.1 Å². The van der Waals surface area contributed by atoms with Crippen LogP contribution >= 0.6 is 27.5 Å². The molecule has 2 rings (SSSR count). The predicted molar refractivity (Wildman–Crippen MR) is 80.2 cm³/mol. The first-order valence-electron chi connectivity index (χ1n) is 5.62. The first-order chi connectivity index (χ1) is 9.52. The van der Waals surface area contributed by atoms with Crippen LogP contribution in [-0.2, 0) is 6.54 Å². The molecule has 7 heteroatoms. The third kappa shape index (κ3) is 3.09. The van der Waals surface area contributed by atoms with Crippen molar-refractivity contribution < 1.29 is 9.66 Å². The molecule has 0 spiro atoms. The van der Waals surface area contributed by atoms with Gasteiger partial charge < -0.3 is 10.5 Å². The van der Waals surface area contributed by atoms with Gasteiger partial charge in [-0.05, 0) is 24.3 Å². The van der Waals surface area contributed by atoms with Gasteiger partial charge in [-0.2, -0.15) is 0 Å². The van der Waals surface area contributed by atoms with E-state index < -0.39 is 4.92 Å². The third-order valence-electron chi connectivity index (χ3n) is 2.62. The first kappa shape index (κ1) is 14.8. The minimum atomic E-state index is -0.507. The van der Waals surface area contributed by atoms with Crippen LogP contribution in [0.4, 0.5) is 5.69 Å². The van der Waals surface area contributed by atoms with Gasteiger partial charge in [-0.1, -0.05) is 33.6 Å². The van der Waals surface area contributed by atoms with Gasteiger partial charge in [0.05, 0.1) is 4.92 Å². The van der Waals surface area contributed by atoms with Crippen molar-refractivity contribution in [1.29, 1.82) is 0 Å². The van der Waals surface area contributed by atoms with Gasteiger partial charge in [0, 0.05) is 27.7 Å². The Labute approximate surface area is 128 Å². The molecule has 0 aliphatic carbocycles. The number of benzene rings is 2. The maximum Gasteiger partial charge on any atom is 0.312 e. The zero-order valence-corrected chi connectivity index (χ0v) is 12.5. The SMILES string of the molecule is NCc1c(Cl)cccc1Oc1ccc(Br)cc1[N+](=O)[O-]. The van der Waals surface area contributed by atoms with E-state index in [4.69, 9.17) is 22.1 Å². The second kappa shape index (κ2) is 6.21. The van der Waals surface area contributed by atoms with Crippen LogP contribution < -0.4 is 10.5 Å². The zero-order valence-electron chi connectivity index (χ0n) is 10.2. The van der Waals surface area contributed by atoms with Crippen LogP contribution in [0.2, 0.25) is 5.02 Å². The number of nitrogens with zero attached hydrogens (tertiary/aromatic N) is 1. The first-order valence-corrected chi connectivity index (χ1v) is 6.79. The van der Waals surface area contributed by atoms with Crippen molar-refractivity contribution in [3.63, 3.8) is 0 Å². The maximum atomic E-state index is 11.0. The topological polar surface area (TPSA) is 78.4 Å². The van der Waals surface area contributed by atoms with E-state index in [1.54, 1.807) is 24.3 Å². The molecule has 104 valence electrons. The van der Waals surface area contributed by atoms with Crippen LogP contribution in [0, 0.1) is 10.1 Å². The van der Waals surface area contributed by atoms with E-state index in [9.17, 15) is 10.1 Å². The van der Waals surface area contributed by atoms with Gasteiger partial charge in [-0.15, -0.1) is 0 Å². The molecule has 20 heavy (non-hydrogen) atoms. The Hall–Kier alpha value is -1.63. The molecule has 0 unspecified atom stereocenters. The summed E-state index contributed by atoms with van der Waals surface area (Å²) in [7, 11) is 0. The van der Waals surface area contributed by atoms with Gasteiger partial charge in [0.15, 0.2) is 0 Å². The van der Waals surface area contributed by atoms with E-state index in [1.165, 1.54) is 12.1 Å². The highest BCUT2D eigenvalue weighted by molar-refractivity contribution is 9.10. The average Bonchev–Trinajstić information content (AvgIpc) is 2.41. The summed E-state index contributed by atoms with van der Waals surface area (Å²) in [5.41, 5.74) is 6.09. The zero-order chi connectivity index (χ0) is 14.7. The summed E-state index contributed by atoms with van der Waals surface area (Å²) in [5, 5.41) is 11.5. The molecule has 2 aromatic rings. The van der Waals surface area contributed by atoms with E-state index in [-0.39, 0.29) is 18.0 Å². The van der Waals surface area contributed by atoms with Crippen molar-refractivity contribution >= 4 is 33.2 Å². The molecule has 0 aliphatic rings. The number of hydrogen-bond donors (Lipinski definition) is 1. The Morgan fingerprint density at radius 3 is 2.70 bits per heavy atom. The summed E-state index contributed by atoms with van der Waals surface area (Å²) in [6, 6.07) is 9.61. The van der Waals surface area contributed by atoms with Gasteiger partial charge in [0.2, 0.25) is 5.75 Å². The molecule has 2 N–H and O–H groups in total. The Morgan fingerprint density at radius 1 is 1.30 bits per heavy atom. The van der Waals surface area contributed by atoms with Crippen LogP contribution in [-0.4, -0.2) is 4.92 Å². The summed E-state index contributed by atoms with van der Waals surface area (Å²) >= 11 is 9.21. The highest BCUT2D eigenvalue weighted by Gasteiger charge is 2.18. The minimum absolute atomic E-state index is 0.134. The lowest BCUT2D eigenvalue weighted by atomic mass is 10.2. The van der Waals surface area contributed by atoms with Crippen LogP contribution in [0.1, 0.15) is 5.56 Å². The summed E-state index contributed by atoms with van der Waals surface area (Å²) in [6.45, 7) is 0.180. The molecule has 0 aliphatic heterocycles. The number of ether oxygens (including phenoxy) is 1. The predicted octanol–water partition coefficient (Wildman–Crippen LogP) is 4.26. The van der Waals surface area contributed by atoms with Crippen molar-refractivity contribution in [1.82, 2.24) is 0 Å². The molecule has 5 nitrogen and oxygen atoms in total. The number of nitro benzene ring substituents is 1. The molecule has 0 radical (unpaired) electrons. The number of halogens is 2. The molecule has 0 bridgehead atoms.